The number of hydrogen-bond acceptors (Lipinski definition) is 5. The van der Waals surface area contributed by atoms with Crippen molar-refractivity contribution in [1.82, 2.24) is 4.72 Å². The Morgan fingerprint density at radius 3 is 2.50 bits per heavy atom. The van der Waals surface area contributed by atoms with Crippen LogP contribution in [0.2, 0.25) is 0 Å². The monoisotopic (exact) mass is 281 g/mol. The summed E-state index contributed by atoms with van der Waals surface area (Å²) >= 11 is 0. The number of nitrogens with one attached hydrogen (secondary N) is 1. The molecule has 0 fully saturated rings. The van der Waals surface area contributed by atoms with Gasteiger partial charge < -0.3 is 9.84 Å². The van der Waals surface area contributed by atoms with Crippen molar-refractivity contribution >= 4 is 16.0 Å². The molecule has 0 radical (unpaired) electrons. The number of hydrogen-bond donors (Lipinski definition) is 2. The number of esters is 1. The Balaban J connectivity index is 4.21. The van der Waals surface area contributed by atoms with Crippen LogP contribution in [0.25, 0.3) is 0 Å². The maximum absolute atomic E-state index is 11.5. The molecule has 0 unspecified atom stereocenters. The third-order valence-corrected chi connectivity index (χ3v) is 3.68. The zero-order chi connectivity index (χ0) is 14.2. The van der Waals surface area contributed by atoms with Gasteiger partial charge in [-0.05, 0) is 20.3 Å². The van der Waals surface area contributed by atoms with Crippen molar-refractivity contribution < 1.29 is 23.1 Å². The molecule has 0 saturated heterocycles. The van der Waals surface area contributed by atoms with Crippen LogP contribution < -0.4 is 4.72 Å². The van der Waals surface area contributed by atoms with Crippen LogP contribution in [0, 0.1) is 0 Å². The normalized spacial score (nSPS) is 15.1. The summed E-state index contributed by atoms with van der Waals surface area (Å²) in [6.45, 7) is 4.99. The Labute approximate surface area is 109 Å². The maximum atomic E-state index is 11.5. The molecule has 0 aliphatic carbocycles. The molecule has 7 heteroatoms. The number of unbranched alkanes of at least 4 members (excludes halogenated alkanes) is 1. The van der Waals surface area contributed by atoms with E-state index in [4.69, 9.17) is 4.74 Å². The minimum atomic E-state index is -3.39. The molecule has 0 saturated carbocycles. The molecule has 0 amide bonds. The zero-order valence-corrected chi connectivity index (χ0v) is 12.0. The van der Waals surface area contributed by atoms with Crippen molar-refractivity contribution in [2.24, 2.45) is 0 Å². The average Bonchev–Trinajstić information content (AvgIpc) is 2.24. The highest BCUT2D eigenvalue weighted by atomic mass is 32.2. The van der Waals surface area contributed by atoms with Gasteiger partial charge in [0.15, 0.2) is 0 Å². The van der Waals surface area contributed by atoms with E-state index in [9.17, 15) is 18.3 Å². The van der Waals surface area contributed by atoms with Gasteiger partial charge in [-0.15, -0.1) is 0 Å². The highest BCUT2D eigenvalue weighted by molar-refractivity contribution is 7.89. The van der Waals surface area contributed by atoms with Crippen molar-refractivity contribution in [2.45, 2.75) is 45.6 Å². The van der Waals surface area contributed by atoms with Crippen LogP contribution in [0.15, 0.2) is 0 Å². The smallest absolute Gasteiger partial charge is 0.308 e. The largest absolute Gasteiger partial charge is 0.466 e. The lowest BCUT2D eigenvalue weighted by molar-refractivity contribution is -0.147. The standard InChI is InChI=1S/C11H23NO5S/c1-4-6-7-18(15,16)12-9-11(3,14)8-10(13)17-5-2/h12,14H,4-9H2,1-3H3/t11-/m0/s1. The van der Waals surface area contributed by atoms with Gasteiger partial charge in [-0.1, -0.05) is 13.3 Å². The van der Waals surface area contributed by atoms with E-state index in [1.807, 2.05) is 6.92 Å². The third-order valence-electron chi connectivity index (χ3n) is 2.27. The van der Waals surface area contributed by atoms with Crippen molar-refractivity contribution in [3.05, 3.63) is 0 Å². The first kappa shape index (κ1) is 17.3. The molecule has 6 nitrogen and oxygen atoms in total. The van der Waals surface area contributed by atoms with Gasteiger partial charge in [0.25, 0.3) is 0 Å². The van der Waals surface area contributed by atoms with Gasteiger partial charge in [-0.2, -0.15) is 0 Å². The second-order valence-electron chi connectivity index (χ2n) is 4.47. The van der Waals surface area contributed by atoms with Gasteiger partial charge in [-0.3, -0.25) is 4.79 Å². The zero-order valence-electron chi connectivity index (χ0n) is 11.2. The van der Waals surface area contributed by atoms with Crippen LogP contribution in [0.4, 0.5) is 0 Å². The molecule has 0 bridgehead atoms. The highest BCUT2D eigenvalue weighted by Gasteiger charge is 2.27. The highest BCUT2D eigenvalue weighted by Crippen LogP contribution is 2.10. The first-order valence-electron chi connectivity index (χ1n) is 6.08. The fourth-order valence-electron chi connectivity index (χ4n) is 1.26. The third kappa shape index (κ3) is 8.43. The molecule has 1 atom stereocenters. The Kier molecular flexibility index (Phi) is 7.42. The lowest BCUT2D eigenvalue weighted by atomic mass is 10.0. The Morgan fingerprint density at radius 2 is 2.00 bits per heavy atom. The predicted octanol–water partition coefficient (Wildman–Crippen LogP) is 0.410. The van der Waals surface area contributed by atoms with Crippen LogP contribution >= 0.6 is 0 Å². The summed E-state index contributed by atoms with van der Waals surface area (Å²) in [6, 6.07) is 0. The van der Waals surface area contributed by atoms with E-state index in [0.29, 0.717) is 6.42 Å². The molecule has 0 spiro atoms. The molecule has 0 aromatic rings. The molecule has 0 aliphatic heterocycles. The van der Waals surface area contributed by atoms with E-state index in [0.717, 1.165) is 6.42 Å². The molecular formula is C11H23NO5S. The van der Waals surface area contributed by atoms with Gasteiger partial charge in [0.2, 0.25) is 10.0 Å². The minimum absolute atomic E-state index is 0.0268. The molecule has 18 heavy (non-hydrogen) atoms. The van der Waals surface area contributed by atoms with Crippen LogP contribution in [0.1, 0.15) is 40.0 Å². The number of carbonyl (C=O) groups excluding carboxylic acids is 1. The van der Waals surface area contributed by atoms with Crippen LogP contribution in [-0.2, 0) is 19.6 Å². The van der Waals surface area contributed by atoms with Gasteiger partial charge in [0.05, 0.1) is 24.4 Å². The first-order valence-corrected chi connectivity index (χ1v) is 7.73. The fourth-order valence-corrected chi connectivity index (χ4v) is 2.60. The molecule has 0 aromatic carbocycles. The van der Waals surface area contributed by atoms with E-state index in [1.54, 1.807) is 6.92 Å². The number of sulfonamides is 1. The van der Waals surface area contributed by atoms with Crippen molar-refractivity contribution in [2.75, 3.05) is 18.9 Å². The molecule has 0 rings (SSSR count). The van der Waals surface area contributed by atoms with Gasteiger partial charge >= 0.3 is 5.97 Å². The summed E-state index contributed by atoms with van der Waals surface area (Å²) in [6.07, 6.45) is 1.10. The topological polar surface area (TPSA) is 92.7 Å². The van der Waals surface area contributed by atoms with Crippen molar-refractivity contribution in [3.8, 4) is 0 Å². The van der Waals surface area contributed by atoms with Crippen LogP contribution in [0.3, 0.4) is 0 Å². The van der Waals surface area contributed by atoms with Crippen molar-refractivity contribution in [3.63, 3.8) is 0 Å². The van der Waals surface area contributed by atoms with Gasteiger partial charge in [0, 0.05) is 6.54 Å². The van der Waals surface area contributed by atoms with E-state index in [-0.39, 0.29) is 25.3 Å². The fraction of sp³-hybridized carbons (Fsp3) is 0.909. The number of aliphatic hydroxyl groups is 1. The van der Waals surface area contributed by atoms with E-state index >= 15 is 0 Å². The van der Waals surface area contributed by atoms with Crippen LogP contribution in [-0.4, -0.2) is 44.0 Å². The number of carbonyl (C=O) groups is 1. The Bertz CT molecular complexity index is 350. The summed E-state index contributed by atoms with van der Waals surface area (Å²) in [4.78, 5) is 11.2. The summed E-state index contributed by atoms with van der Waals surface area (Å²) in [5, 5.41) is 9.87. The lowest BCUT2D eigenvalue weighted by Crippen LogP contribution is -2.43. The summed E-state index contributed by atoms with van der Waals surface area (Å²) in [5.41, 5.74) is -1.44. The summed E-state index contributed by atoms with van der Waals surface area (Å²) in [7, 11) is -3.39. The quantitative estimate of drug-likeness (QED) is 0.597. The minimum Gasteiger partial charge on any atom is -0.466 e. The number of ether oxygens (including phenoxy) is 1. The second-order valence-corrected chi connectivity index (χ2v) is 6.40. The van der Waals surface area contributed by atoms with E-state index in [2.05, 4.69) is 4.72 Å². The first-order chi connectivity index (χ1) is 8.22. The Hall–Kier alpha value is -0.660. The molecule has 2 N–H and O–H groups in total. The number of rotatable bonds is 9. The lowest BCUT2D eigenvalue weighted by Gasteiger charge is -2.22. The summed E-state index contributed by atoms with van der Waals surface area (Å²) in [5.74, 6) is -0.519. The maximum Gasteiger partial charge on any atom is 0.308 e. The Morgan fingerprint density at radius 1 is 1.39 bits per heavy atom. The van der Waals surface area contributed by atoms with E-state index < -0.39 is 21.6 Å². The summed E-state index contributed by atoms with van der Waals surface area (Å²) < 4.78 is 30.0. The average molecular weight is 281 g/mol. The molecule has 108 valence electrons. The SMILES string of the molecule is CCCCS(=O)(=O)NC[C@@](C)(O)CC(=O)OCC. The van der Waals surface area contributed by atoms with Crippen LogP contribution in [0.5, 0.6) is 0 Å². The molecule has 0 aromatic heterocycles. The second kappa shape index (κ2) is 7.70. The molecular weight excluding hydrogens is 258 g/mol. The molecule has 0 heterocycles. The van der Waals surface area contributed by atoms with Crippen molar-refractivity contribution in [1.29, 1.82) is 0 Å². The molecule has 0 aliphatic rings. The van der Waals surface area contributed by atoms with E-state index in [1.165, 1.54) is 6.92 Å². The van der Waals surface area contributed by atoms with Gasteiger partial charge in [0.1, 0.15) is 0 Å². The predicted molar refractivity (Wildman–Crippen MR) is 68.6 cm³/mol. The van der Waals surface area contributed by atoms with Gasteiger partial charge in [-0.25, -0.2) is 13.1 Å².